The van der Waals surface area contributed by atoms with Gasteiger partial charge in [0.1, 0.15) is 11.2 Å². The summed E-state index contributed by atoms with van der Waals surface area (Å²) in [5.74, 6) is 0.861. The van der Waals surface area contributed by atoms with Crippen LogP contribution in [0.5, 0.6) is 0 Å². The fraction of sp³-hybridized carbons (Fsp3) is 0.129. The van der Waals surface area contributed by atoms with Crippen LogP contribution >= 0.6 is 0 Å². The lowest BCUT2D eigenvalue weighted by Gasteiger charge is -2.29. The summed E-state index contributed by atoms with van der Waals surface area (Å²) in [5, 5.41) is 5.75. The van der Waals surface area contributed by atoms with Crippen molar-refractivity contribution in [2.75, 3.05) is 15.1 Å². The molecule has 3 unspecified atom stereocenters. The average molecular weight is 882 g/mol. The SMILES string of the molecule is C=C(/C=C\CC)Nc1cccc(-c2cc(-c3cccc(N4c5ccc(-c6cccc7c6oc6ccccc67)cc5C5C=CC=CC54)c3)nc(-c3cccc(N4c5ccccc5CC4CC)c3)n2)c1. The molecule has 0 saturated heterocycles. The Morgan fingerprint density at radius 2 is 1.38 bits per heavy atom. The number of rotatable bonds is 11. The van der Waals surface area contributed by atoms with Crippen LogP contribution in [0.25, 0.3) is 67.0 Å². The van der Waals surface area contributed by atoms with Crippen molar-refractivity contribution in [3.8, 4) is 45.0 Å². The van der Waals surface area contributed by atoms with Crippen molar-refractivity contribution >= 4 is 50.4 Å². The second kappa shape index (κ2) is 17.2. The number of hydrogen-bond donors (Lipinski definition) is 1. The second-order valence-electron chi connectivity index (χ2n) is 18.1. The molecule has 0 radical (unpaired) electrons. The number of hydrogen-bond acceptors (Lipinski definition) is 6. The van der Waals surface area contributed by atoms with E-state index in [1.165, 1.54) is 22.5 Å². The summed E-state index contributed by atoms with van der Waals surface area (Å²) >= 11 is 0. The molecule has 0 amide bonds. The highest BCUT2D eigenvalue weighted by molar-refractivity contribution is 6.09. The molecule has 9 aromatic rings. The first-order valence-corrected chi connectivity index (χ1v) is 23.9. The molecular weight excluding hydrogens is 831 g/mol. The zero-order chi connectivity index (χ0) is 45.7. The Labute approximate surface area is 398 Å². The molecule has 0 bridgehead atoms. The highest BCUT2D eigenvalue weighted by Gasteiger charge is 2.38. The van der Waals surface area contributed by atoms with Crippen LogP contribution in [0, 0.1) is 0 Å². The van der Waals surface area contributed by atoms with Gasteiger partial charge in [0.25, 0.3) is 0 Å². The van der Waals surface area contributed by atoms with Crippen LogP contribution in [0.1, 0.15) is 43.7 Å². The fourth-order valence-electron chi connectivity index (χ4n) is 10.6. The van der Waals surface area contributed by atoms with E-state index in [2.05, 4.69) is 224 Å². The molecule has 1 N–H and O–H groups in total. The van der Waals surface area contributed by atoms with Gasteiger partial charge in [0, 0.05) is 79.1 Å². The minimum atomic E-state index is 0.113. The Balaban J connectivity index is 0.953. The molecule has 12 rings (SSSR count). The van der Waals surface area contributed by atoms with Crippen molar-refractivity contribution < 1.29 is 4.42 Å². The molecule has 6 heteroatoms. The van der Waals surface area contributed by atoms with Crippen molar-refractivity contribution in [1.82, 2.24) is 9.97 Å². The maximum atomic E-state index is 6.51. The zero-order valence-electron chi connectivity index (χ0n) is 38.3. The molecule has 2 aromatic heterocycles. The van der Waals surface area contributed by atoms with Gasteiger partial charge in [0.15, 0.2) is 5.82 Å². The van der Waals surface area contributed by atoms with Gasteiger partial charge >= 0.3 is 0 Å². The van der Waals surface area contributed by atoms with Crippen molar-refractivity contribution in [2.24, 2.45) is 0 Å². The van der Waals surface area contributed by atoms with Crippen LogP contribution in [0.2, 0.25) is 0 Å². The van der Waals surface area contributed by atoms with Crippen molar-refractivity contribution in [3.05, 3.63) is 224 Å². The van der Waals surface area contributed by atoms with E-state index < -0.39 is 0 Å². The van der Waals surface area contributed by atoms with Gasteiger partial charge in [-0.3, -0.25) is 0 Å². The first kappa shape index (κ1) is 41.2. The molecule has 2 aliphatic heterocycles. The van der Waals surface area contributed by atoms with Crippen LogP contribution in [0.4, 0.5) is 28.4 Å². The fourth-order valence-corrected chi connectivity index (χ4v) is 10.6. The minimum absolute atomic E-state index is 0.113. The van der Waals surface area contributed by atoms with Crippen LogP contribution < -0.4 is 15.1 Å². The number of para-hydroxylation sites is 3. The third-order valence-corrected chi connectivity index (χ3v) is 13.9. The maximum Gasteiger partial charge on any atom is 0.160 e. The largest absolute Gasteiger partial charge is 0.455 e. The molecule has 1 aliphatic carbocycles. The molecular formula is C62H51N5O. The number of fused-ring (bicyclic) bond motifs is 7. The lowest BCUT2D eigenvalue weighted by molar-refractivity contribution is 0.663. The Bertz CT molecular complexity index is 3520. The smallest absolute Gasteiger partial charge is 0.160 e. The van der Waals surface area contributed by atoms with Gasteiger partial charge in [0.05, 0.1) is 17.4 Å². The number of furan rings is 1. The number of aromatic nitrogens is 2. The normalized spacial score (nSPS) is 17.0. The molecule has 68 heavy (non-hydrogen) atoms. The van der Waals surface area contributed by atoms with Gasteiger partial charge in [-0.1, -0.05) is 148 Å². The van der Waals surface area contributed by atoms with E-state index in [1.54, 1.807) is 0 Å². The van der Waals surface area contributed by atoms with E-state index in [9.17, 15) is 0 Å². The molecule has 7 aromatic carbocycles. The van der Waals surface area contributed by atoms with Crippen molar-refractivity contribution in [1.29, 1.82) is 0 Å². The zero-order valence-corrected chi connectivity index (χ0v) is 38.3. The highest BCUT2D eigenvalue weighted by atomic mass is 16.3. The third-order valence-electron chi connectivity index (χ3n) is 13.9. The van der Waals surface area contributed by atoms with Gasteiger partial charge in [-0.2, -0.15) is 0 Å². The minimum Gasteiger partial charge on any atom is -0.455 e. The van der Waals surface area contributed by atoms with Gasteiger partial charge in [-0.25, -0.2) is 9.97 Å². The first-order valence-electron chi connectivity index (χ1n) is 23.9. The van der Waals surface area contributed by atoms with Gasteiger partial charge in [-0.15, -0.1) is 0 Å². The van der Waals surface area contributed by atoms with Crippen molar-refractivity contribution in [2.45, 2.75) is 51.1 Å². The quantitative estimate of drug-likeness (QED) is 0.131. The molecule has 3 aliphatic rings. The van der Waals surface area contributed by atoms with Crippen LogP contribution in [-0.2, 0) is 6.42 Å². The molecule has 6 nitrogen and oxygen atoms in total. The Morgan fingerprint density at radius 1 is 0.662 bits per heavy atom. The van der Waals surface area contributed by atoms with Gasteiger partial charge in [-0.05, 0) is 109 Å². The molecule has 3 atom stereocenters. The van der Waals surface area contributed by atoms with E-state index in [0.29, 0.717) is 11.9 Å². The summed E-state index contributed by atoms with van der Waals surface area (Å²) in [6, 6.07) is 59.2. The predicted molar refractivity (Wildman–Crippen MR) is 283 cm³/mol. The molecule has 0 fully saturated rings. The van der Waals surface area contributed by atoms with Crippen LogP contribution in [0.15, 0.2) is 217 Å². The summed E-state index contributed by atoms with van der Waals surface area (Å²) in [4.78, 5) is 15.7. The number of nitrogens with zero attached hydrogens (tertiary/aromatic N) is 4. The highest BCUT2D eigenvalue weighted by Crippen LogP contribution is 2.50. The number of allylic oxidation sites excluding steroid dienone is 4. The lowest BCUT2D eigenvalue weighted by Crippen LogP contribution is -2.28. The summed E-state index contributed by atoms with van der Waals surface area (Å²) in [5.41, 5.74) is 18.0. The molecule has 0 spiro atoms. The first-order chi connectivity index (χ1) is 33.5. The van der Waals surface area contributed by atoms with E-state index in [0.717, 1.165) is 103 Å². The Hall–Kier alpha value is -8.22. The van der Waals surface area contributed by atoms with Crippen molar-refractivity contribution in [3.63, 3.8) is 0 Å². The summed E-state index contributed by atoms with van der Waals surface area (Å²) in [6.45, 7) is 8.64. The standard InChI is InChI=1S/C62H51N5O/c1-4-6-17-40(3)63-46-22-13-19-42(34-46)55-39-56(65-62(64-55)45-21-15-23-48(37-45)66-47(5-2)36-44-18-7-10-29-57(44)66)43-20-14-24-49(35-43)67-58-30-11-8-25-51(58)54-38-41(32-33-59(54)67)50-27-16-28-53-52-26-9-12-31-60(52)68-61(50)53/h6-35,37-39,47,51,58,63H,3-5,36H2,1-2H3/b17-6-. The molecule has 0 saturated carbocycles. The van der Waals surface area contributed by atoms with E-state index in [1.807, 2.05) is 12.1 Å². The average Bonchev–Trinajstić information content (AvgIpc) is 4.08. The van der Waals surface area contributed by atoms with E-state index in [-0.39, 0.29) is 12.0 Å². The topological polar surface area (TPSA) is 57.4 Å². The maximum absolute atomic E-state index is 6.51. The lowest BCUT2D eigenvalue weighted by atomic mass is 9.89. The molecule has 4 heterocycles. The number of benzene rings is 7. The second-order valence-corrected chi connectivity index (χ2v) is 18.1. The summed E-state index contributed by atoms with van der Waals surface area (Å²) in [7, 11) is 0. The number of anilines is 5. The van der Waals surface area contributed by atoms with Gasteiger partial charge in [0.2, 0.25) is 0 Å². The third kappa shape index (κ3) is 7.30. The van der Waals surface area contributed by atoms with Crippen LogP contribution in [0.3, 0.4) is 0 Å². The monoisotopic (exact) mass is 881 g/mol. The van der Waals surface area contributed by atoms with Crippen LogP contribution in [-0.4, -0.2) is 22.1 Å². The van der Waals surface area contributed by atoms with E-state index >= 15 is 0 Å². The van der Waals surface area contributed by atoms with E-state index in [4.69, 9.17) is 14.4 Å². The summed E-state index contributed by atoms with van der Waals surface area (Å²) < 4.78 is 6.51. The molecule has 330 valence electrons. The Morgan fingerprint density at radius 3 is 2.24 bits per heavy atom. The Kier molecular flexibility index (Phi) is 10.4. The summed E-state index contributed by atoms with van der Waals surface area (Å²) in [6.07, 6.45) is 16.2. The number of nitrogens with one attached hydrogen (secondary N) is 1. The van der Waals surface area contributed by atoms with Gasteiger partial charge < -0.3 is 19.5 Å². The predicted octanol–water partition coefficient (Wildman–Crippen LogP) is 16.1.